The van der Waals surface area contributed by atoms with E-state index in [0.717, 1.165) is 34.7 Å². The number of hydrogen-bond acceptors (Lipinski definition) is 3. The van der Waals surface area contributed by atoms with Gasteiger partial charge in [0, 0.05) is 24.5 Å². The molecule has 0 aliphatic carbocycles. The van der Waals surface area contributed by atoms with Gasteiger partial charge in [-0.1, -0.05) is 30.3 Å². The molecule has 166 valence electrons. The first kappa shape index (κ1) is 22.1. The molecule has 5 nitrogen and oxygen atoms in total. The van der Waals surface area contributed by atoms with Gasteiger partial charge in [0.15, 0.2) is 0 Å². The predicted octanol–water partition coefficient (Wildman–Crippen LogP) is 5.69. The molecule has 0 radical (unpaired) electrons. The fourth-order valence-corrected chi connectivity index (χ4v) is 4.73. The van der Waals surface area contributed by atoms with Gasteiger partial charge in [0.05, 0.1) is 17.8 Å². The van der Waals surface area contributed by atoms with E-state index in [2.05, 4.69) is 37.4 Å². The molecule has 1 N–H and O–H groups in total. The largest absolute Gasteiger partial charge is 0.324 e. The van der Waals surface area contributed by atoms with Gasteiger partial charge in [-0.15, -0.1) is 11.3 Å². The van der Waals surface area contributed by atoms with Gasteiger partial charge >= 0.3 is 6.03 Å². The zero-order valence-electron chi connectivity index (χ0n) is 18.9. The summed E-state index contributed by atoms with van der Waals surface area (Å²) in [7, 11) is 0. The van der Waals surface area contributed by atoms with Crippen LogP contribution in [-0.2, 0) is 17.8 Å². The number of aryl methyl sites for hydroxylation is 3. The van der Waals surface area contributed by atoms with E-state index in [1.807, 2.05) is 47.5 Å². The predicted molar refractivity (Wildman–Crippen MR) is 132 cm³/mol. The summed E-state index contributed by atoms with van der Waals surface area (Å²) in [5, 5.41) is 5.01. The van der Waals surface area contributed by atoms with Crippen LogP contribution in [0.1, 0.15) is 33.6 Å². The van der Waals surface area contributed by atoms with Crippen molar-refractivity contribution in [3.8, 4) is 0 Å². The van der Waals surface area contributed by atoms with Crippen molar-refractivity contribution in [2.45, 2.75) is 40.2 Å². The highest BCUT2D eigenvalue weighted by atomic mass is 32.1. The number of nitrogens with zero attached hydrogens (tertiary/aromatic N) is 2. The smallest absolute Gasteiger partial charge is 0.324 e. The van der Waals surface area contributed by atoms with Gasteiger partial charge in [-0.25, -0.2) is 4.79 Å². The first-order valence-corrected chi connectivity index (χ1v) is 11.8. The second kappa shape index (κ2) is 9.57. The van der Waals surface area contributed by atoms with Crippen LogP contribution in [-0.4, -0.2) is 29.9 Å². The summed E-state index contributed by atoms with van der Waals surface area (Å²) in [6, 6.07) is 16.1. The number of benzene rings is 2. The molecule has 6 heteroatoms. The van der Waals surface area contributed by atoms with Gasteiger partial charge in [-0.05, 0) is 73.0 Å². The normalized spacial score (nSPS) is 14.0. The van der Waals surface area contributed by atoms with Crippen molar-refractivity contribution in [1.82, 2.24) is 4.90 Å². The molecule has 0 spiro atoms. The number of amides is 3. The molecule has 3 amide bonds. The lowest BCUT2D eigenvalue weighted by Crippen LogP contribution is -2.49. The molecule has 3 aromatic rings. The lowest BCUT2D eigenvalue weighted by Gasteiger charge is -2.36. The molecule has 1 aromatic heterocycles. The third kappa shape index (κ3) is 5.02. The quantitative estimate of drug-likeness (QED) is 0.528. The molecule has 2 heterocycles. The van der Waals surface area contributed by atoms with Crippen molar-refractivity contribution >= 4 is 34.6 Å². The molecule has 0 saturated carbocycles. The standard InChI is InChI=1S/C26H29N3O2S/c1-18-7-10-24(23(14-18)27-25(30)16-22-6-4-13-32-22)29-12-5-11-28(26(29)31)17-21-9-8-19(2)20(3)15-21/h4,6-10,13-15H,5,11-12,16-17H2,1-3H3,(H,27,30). The second-order valence-electron chi connectivity index (χ2n) is 8.45. The van der Waals surface area contributed by atoms with Crippen molar-refractivity contribution in [3.05, 3.63) is 81.0 Å². The fraction of sp³-hybridized carbons (Fsp3) is 0.308. The van der Waals surface area contributed by atoms with Gasteiger partial charge < -0.3 is 10.2 Å². The minimum absolute atomic E-state index is 0.0212. The van der Waals surface area contributed by atoms with E-state index in [0.29, 0.717) is 25.2 Å². The van der Waals surface area contributed by atoms with Crippen LogP contribution in [0.15, 0.2) is 53.9 Å². The van der Waals surface area contributed by atoms with Crippen molar-refractivity contribution < 1.29 is 9.59 Å². The number of rotatable bonds is 6. The van der Waals surface area contributed by atoms with Gasteiger partial charge in [0.2, 0.25) is 5.91 Å². The molecule has 4 rings (SSSR count). The van der Waals surface area contributed by atoms with E-state index < -0.39 is 0 Å². The summed E-state index contributed by atoms with van der Waals surface area (Å²) in [6.45, 7) is 8.14. The Morgan fingerprint density at radius 1 is 1.03 bits per heavy atom. The van der Waals surface area contributed by atoms with Gasteiger partial charge in [-0.3, -0.25) is 9.69 Å². The highest BCUT2D eigenvalue weighted by molar-refractivity contribution is 7.10. The third-order valence-corrected chi connectivity index (χ3v) is 6.76. The van der Waals surface area contributed by atoms with Crippen LogP contribution in [0, 0.1) is 20.8 Å². The molecular formula is C26H29N3O2S. The Morgan fingerprint density at radius 2 is 1.88 bits per heavy atom. The zero-order chi connectivity index (χ0) is 22.7. The Balaban J connectivity index is 1.53. The maximum atomic E-state index is 13.4. The van der Waals surface area contributed by atoms with Crippen LogP contribution in [0.4, 0.5) is 16.2 Å². The van der Waals surface area contributed by atoms with Crippen molar-refractivity contribution in [2.24, 2.45) is 0 Å². The third-order valence-electron chi connectivity index (χ3n) is 5.89. The minimum Gasteiger partial charge on any atom is -0.324 e. The van der Waals surface area contributed by atoms with E-state index in [-0.39, 0.29) is 11.9 Å². The van der Waals surface area contributed by atoms with E-state index in [4.69, 9.17) is 0 Å². The van der Waals surface area contributed by atoms with Crippen molar-refractivity contribution in [3.63, 3.8) is 0 Å². The zero-order valence-corrected chi connectivity index (χ0v) is 19.7. The number of carbonyl (C=O) groups is 2. The Bertz CT molecular complexity index is 1120. The molecule has 1 saturated heterocycles. The van der Waals surface area contributed by atoms with Crippen LogP contribution < -0.4 is 10.2 Å². The average molecular weight is 448 g/mol. The highest BCUT2D eigenvalue weighted by Gasteiger charge is 2.28. The SMILES string of the molecule is Cc1ccc(N2CCCN(Cc3ccc(C)c(C)c3)C2=O)c(NC(=O)Cc2cccs2)c1. The highest BCUT2D eigenvalue weighted by Crippen LogP contribution is 2.31. The lowest BCUT2D eigenvalue weighted by atomic mass is 10.1. The summed E-state index contributed by atoms with van der Waals surface area (Å²) in [6.07, 6.45) is 1.21. The Labute approximate surface area is 193 Å². The first-order valence-electron chi connectivity index (χ1n) is 11.0. The maximum absolute atomic E-state index is 13.4. The molecular weight excluding hydrogens is 418 g/mol. The molecule has 1 aliphatic rings. The number of nitrogens with one attached hydrogen (secondary N) is 1. The Kier molecular flexibility index (Phi) is 6.61. The number of thiophene rings is 1. The number of urea groups is 1. The fourth-order valence-electron chi connectivity index (χ4n) is 4.03. The molecule has 2 aromatic carbocycles. The second-order valence-corrected chi connectivity index (χ2v) is 9.49. The maximum Gasteiger partial charge on any atom is 0.324 e. The summed E-state index contributed by atoms with van der Waals surface area (Å²) in [4.78, 5) is 30.8. The van der Waals surface area contributed by atoms with E-state index in [1.54, 1.807) is 16.2 Å². The van der Waals surface area contributed by atoms with Crippen LogP contribution in [0.25, 0.3) is 0 Å². The monoisotopic (exact) mass is 447 g/mol. The Morgan fingerprint density at radius 3 is 2.62 bits per heavy atom. The Hall–Kier alpha value is -3.12. The number of anilines is 2. The lowest BCUT2D eigenvalue weighted by molar-refractivity contribution is -0.115. The summed E-state index contributed by atoms with van der Waals surface area (Å²) in [5.41, 5.74) is 6.10. The minimum atomic E-state index is -0.0734. The molecule has 32 heavy (non-hydrogen) atoms. The molecule has 0 bridgehead atoms. The van der Waals surface area contributed by atoms with Crippen molar-refractivity contribution in [2.75, 3.05) is 23.3 Å². The topological polar surface area (TPSA) is 52.6 Å². The average Bonchev–Trinajstić information content (AvgIpc) is 3.26. The van der Waals surface area contributed by atoms with Crippen LogP contribution >= 0.6 is 11.3 Å². The van der Waals surface area contributed by atoms with E-state index >= 15 is 0 Å². The van der Waals surface area contributed by atoms with Crippen LogP contribution in [0.2, 0.25) is 0 Å². The summed E-state index contributed by atoms with van der Waals surface area (Å²) < 4.78 is 0. The van der Waals surface area contributed by atoms with Gasteiger partial charge in [-0.2, -0.15) is 0 Å². The van der Waals surface area contributed by atoms with Crippen LogP contribution in [0.3, 0.4) is 0 Å². The molecule has 0 atom stereocenters. The molecule has 0 unspecified atom stereocenters. The number of carbonyl (C=O) groups excluding carboxylic acids is 2. The summed E-state index contributed by atoms with van der Waals surface area (Å²) in [5.74, 6) is -0.0734. The summed E-state index contributed by atoms with van der Waals surface area (Å²) >= 11 is 1.57. The molecule has 1 aliphatic heterocycles. The van der Waals surface area contributed by atoms with E-state index in [1.165, 1.54) is 11.1 Å². The first-order chi connectivity index (χ1) is 15.4. The van der Waals surface area contributed by atoms with Crippen LogP contribution in [0.5, 0.6) is 0 Å². The molecule has 1 fully saturated rings. The number of hydrogen-bond donors (Lipinski definition) is 1. The van der Waals surface area contributed by atoms with E-state index in [9.17, 15) is 9.59 Å². The van der Waals surface area contributed by atoms with Crippen molar-refractivity contribution in [1.29, 1.82) is 0 Å². The van der Waals surface area contributed by atoms with Gasteiger partial charge in [0.25, 0.3) is 0 Å². The van der Waals surface area contributed by atoms with Gasteiger partial charge in [0.1, 0.15) is 0 Å².